The Labute approximate surface area is 295 Å². The van der Waals surface area contributed by atoms with Crippen LogP contribution in [0, 0.1) is 56.7 Å². The average molecular weight is 663 g/mol. The van der Waals surface area contributed by atoms with Crippen molar-refractivity contribution >= 4 is 17.8 Å². The minimum Gasteiger partial charge on any atom is -0.497 e. The summed E-state index contributed by atoms with van der Waals surface area (Å²) >= 11 is 0. The zero-order valence-corrected chi connectivity index (χ0v) is 31.2. The van der Waals surface area contributed by atoms with Crippen LogP contribution in [-0.2, 0) is 20.9 Å². The molecule has 2 aromatic rings. The van der Waals surface area contributed by atoms with Crippen LogP contribution in [0.3, 0.4) is 0 Å². The summed E-state index contributed by atoms with van der Waals surface area (Å²) in [5, 5.41) is 0. The van der Waals surface area contributed by atoms with Crippen molar-refractivity contribution in [1.82, 2.24) is 0 Å². The number of benzene rings is 2. The first-order chi connectivity index (χ1) is 23.2. The summed E-state index contributed by atoms with van der Waals surface area (Å²) in [6.07, 6.45) is 12.7. The predicted octanol–water partition coefficient (Wildman–Crippen LogP) is 10.7. The van der Waals surface area contributed by atoms with Crippen molar-refractivity contribution in [1.29, 1.82) is 0 Å². The Kier molecular flexibility index (Phi) is 8.39. The fourth-order valence-corrected chi connectivity index (χ4v) is 12.6. The molecule has 0 aliphatic heterocycles. The van der Waals surface area contributed by atoms with Crippen LogP contribution in [-0.4, -0.2) is 18.9 Å². The third-order valence-electron chi connectivity index (χ3n) is 15.7. The van der Waals surface area contributed by atoms with E-state index in [2.05, 4.69) is 72.8 Å². The van der Waals surface area contributed by atoms with Gasteiger partial charge < -0.3 is 9.47 Å². The van der Waals surface area contributed by atoms with E-state index in [9.17, 15) is 9.59 Å². The van der Waals surface area contributed by atoms with Crippen molar-refractivity contribution in [3.63, 3.8) is 0 Å². The van der Waals surface area contributed by atoms with E-state index in [1.807, 2.05) is 42.5 Å². The highest BCUT2D eigenvalue weighted by Crippen LogP contribution is 2.76. The number of hydrogen-bond acceptors (Lipinski definition) is 4. The number of allylic oxidation sites excluding steroid dienone is 3. The number of ketones is 1. The van der Waals surface area contributed by atoms with Gasteiger partial charge in [0.1, 0.15) is 12.4 Å². The third kappa shape index (κ3) is 5.04. The lowest BCUT2D eigenvalue weighted by Crippen LogP contribution is -2.65. The molecule has 0 heterocycles. The van der Waals surface area contributed by atoms with Crippen LogP contribution in [0.2, 0.25) is 0 Å². The largest absolute Gasteiger partial charge is 0.497 e. The number of esters is 1. The molecule has 5 aliphatic carbocycles. The van der Waals surface area contributed by atoms with Crippen LogP contribution in [0.25, 0.3) is 6.08 Å². The van der Waals surface area contributed by atoms with Crippen LogP contribution in [0.5, 0.6) is 5.75 Å². The van der Waals surface area contributed by atoms with E-state index in [1.165, 1.54) is 0 Å². The summed E-state index contributed by atoms with van der Waals surface area (Å²) in [5.41, 5.74) is 3.81. The van der Waals surface area contributed by atoms with Gasteiger partial charge in [-0.1, -0.05) is 103 Å². The van der Waals surface area contributed by atoms with Gasteiger partial charge in [-0.2, -0.15) is 0 Å². The van der Waals surface area contributed by atoms with Gasteiger partial charge in [-0.25, -0.2) is 0 Å². The minimum atomic E-state index is -0.454. The maximum Gasteiger partial charge on any atom is 0.313 e. The highest BCUT2D eigenvalue weighted by atomic mass is 16.5. The molecule has 0 saturated heterocycles. The van der Waals surface area contributed by atoms with Crippen molar-refractivity contribution < 1.29 is 19.1 Å². The summed E-state index contributed by atoms with van der Waals surface area (Å²) in [7, 11) is 1.69. The van der Waals surface area contributed by atoms with Gasteiger partial charge in [0.05, 0.1) is 12.5 Å². The molecule has 0 N–H and O–H groups in total. The van der Waals surface area contributed by atoms with Gasteiger partial charge in [0.25, 0.3) is 0 Å². The molecule has 2 aromatic carbocycles. The first-order valence-electron chi connectivity index (χ1n) is 19.0. The summed E-state index contributed by atoms with van der Waals surface area (Å²) in [6.45, 7) is 17.3. The maximum absolute atomic E-state index is 14.4. The van der Waals surface area contributed by atoms with E-state index in [4.69, 9.17) is 9.47 Å². The molecule has 49 heavy (non-hydrogen) atoms. The zero-order valence-electron chi connectivity index (χ0n) is 31.2. The first-order valence-corrected chi connectivity index (χ1v) is 19.0. The molecule has 9 atom stereocenters. The van der Waals surface area contributed by atoms with Gasteiger partial charge >= 0.3 is 5.97 Å². The molecule has 0 bridgehead atoms. The SMILES string of the molecule is COc1ccc(/C=C2\C[C@]3(C)[C@H]4CC=C5C6[C@@H](C)[C@H](C)CCC6(C(=O)OCc6ccccc6)CC[C@@]5(C)[C@]4(C)CC[C@H]3C(C)(C)C2=O)cc1. The topological polar surface area (TPSA) is 52.6 Å². The average Bonchev–Trinajstić information content (AvgIpc) is 3.08. The van der Waals surface area contributed by atoms with E-state index >= 15 is 0 Å². The molecule has 7 rings (SSSR count). The lowest BCUT2D eigenvalue weighted by molar-refractivity contribution is -0.189. The van der Waals surface area contributed by atoms with Crippen LogP contribution < -0.4 is 4.74 Å². The summed E-state index contributed by atoms with van der Waals surface area (Å²) in [6, 6.07) is 18.2. The number of Topliss-reactive ketones (excluding diaryl/α,β-unsaturated/α-hetero) is 1. The Hall–Kier alpha value is -3.14. The van der Waals surface area contributed by atoms with Crippen LogP contribution in [0.4, 0.5) is 0 Å². The molecule has 0 aromatic heterocycles. The van der Waals surface area contributed by atoms with Gasteiger partial charge in [0.15, 0.2) is 5.78 Å². The second-order valence-corrected chi connectivity index (χ2v) is 18.0. The quantitative estimate of drug-likeness (QED) is 0.182. The number of carbonyl (C=O) groups is 2. The Bertz CT molecular complexity index is 1670. The Morgan fingerprint density at radius 3 is 2.29 bits per heavy atom. The molecule has 4 saturated carbocycles. The Morgan fingerprint density at radius 2 is 1.59 bits per heavy atom. The van der Waals surface area contributed by atoms with E-state index < -0.39 is 10.8 Å². The fourth-order valence-electron chi connectivity index (χ4n) is 12.6. The maximum atomic E-state index is 14.4. The second kappa shape index (κ2) is 12.0. The van der Waals surface area contributed by atoms with Crippen LogP contribution in [0.15, 0.2) is 71.8 Å². The van der Waals surface area contributed by atoms with Crippen molar-refractivity contribution in [3.05, 3.63) is 82.9 Å². The number of carbonyl (C=O) groups excluding carboxylic acids is 2. The molecular weight excluding hydrogens is 604 g/mol. The highest BCUT2D eigenvalue weighted by molar-refractivity contribution is 6.04. The lowest BCUT2D eigenvalue weighted by Gasteiger charge is -2.70. The summed E-state index contributed by atoms with van der Waals surface area (Å²) in [4.78, 5) is 28.6. The van der Waals surface area contributed by atoms with Crippen LogP contribution >= 0.6 is 0 Å². The number of fused-ring (bicyclic) bond motifs is 7. The Morgan fingerprint density at radius 1 is 0.878 bits per heavy atom. The lowest BCUT2D eigenvalue weighted by atomic mass is 9.33. The van der Waals surface area contributed by atoms with Gasteiger partial charge in [-0.05, 0) is 132 Å². The molecular formula is C45H58O4. The Balaban J connectivity index is 1.26. The number of hydrogen-bond donors (Lipinski definition) is 0. The molecule has 4 heteroatoms. The van der Waals surface area contributed by atoms with E-state index in [0.717, 1.165) is 73.8 Å². The van der Waals surface area contributed by atoms with Gasteiger partial charge in [-0.15, -0.1) is 0 Å². The summed E-state index contributed by atoms with van der Waals surface area (Å²) in [5.74, 6) is 3.14. The van der Waals surface area contributed by atoms with E-state index in [1.54, 1.807) is 12.7 Å². The smallest absolute Gasteiger partial charge is 0.313 e. The van der Waals surface area contributed by atoms with Crippen LogP contribution in [0.1, 0.15) is 111 Å². The van der Waals surface area contributed by atoms with Crippen molar-refractivity contribution in [2.45, 2.75) is 106 Å². The second-order valence-electron chi connectivity index (χ2n) is 18.0. The molecule has 0 radical (unpaired) electrons. The monoisotopic (exact) mass is 662 g/mol. The van der Waals surface area contributed by atoms with E-state index in [-0.39, 0.29) is 28.1 Å². The summed E-state index contributed by atoms with van der Waals surface area (Å²) < 4.78 is 11.6. The molecule has 0 spiro atoms. The normalized spacial score (nSPS) is 40.2. The van der Waals surface area contributed by atoms with Gasteiger partial charge in [0, 0.05) is 5.41 Å². The minimum absolute atomic E-state index is 0.00540. The number of methoxy groups -OCH3 is 1. The molecule has 4 fully saturated rings. The molecule has 0 amide bonds. The molecule has 262 valence electrons. The molecule has 4 nitrogen and oxygen atoms in total. The highest BCUT2D eigenvalue weighted by Gasteiger charge is 2.70. The standard InChI is InChI=1S/C45H58O4/c1-29-20-23-45(40(47)49-28-32-12-10-9-11-13-32)25-24-43(6)35(38(45)30(29)2)18-19-37-42(5)27-33(26-31-14-16-34(48-8)17-15-31)39(46)41(3,4)36(42)21-22-44(37,43)7/h9-18,26,29-30,36-38H,19-25,27-28H2,1-8H3/b33-26+/t29-,30+,36+,37-,38?,42+,43-,44-,45?/m1/s1. The van der Waals surface area contributed by atoms with Crippen molar-refractivity contribution in [2.75, 3.05) is 7.11 Å². The molecule has 2 unspecified atom stereocenters. The predicted molar refractivity (Wildman–Crippen MR) is 197 cm³/mol. The van der Waals surface area contributed by atoms with Crippen molar-refractivity contribution in [3.8, 4) is 5.75 Å². The number of ether oxygens (including phenoxy) is 2. The van der Waals surface area contributed by atoms with Gasteiger partial charge in [0.2, 0.25) is 0 Å². The third-order valence-corrected chi connectivity index (χ3v) is 15.7. The van der Waals surface area contributed by atoms with Gasteiger partial charge in [-0.3, -0.25) is 9.59 Å². The molecule has 5 aliphatic rings. The zero-order chi connectivity index (χ0) is 35.0. The fraction of sp³-hybridized carbons (Fsp3) is 0.600. The number of rotatable bonds is 5. The first kappa shape index (κ1) is 34.3. The van der Waals surface area contributed by atoms with Crippen molar-refractivity contribution in [2.24, 2.45) is 56.7 Å². The van der Waals surface area contributed by atoms with E-state index in [0.29, 0.717) is 36.1 Å².